The number of rotatable bonds is 4. The number of halogens is 1. The molecule has 0 radical (unpaired) electrons. The van der Waals surface area contributed by atoms with Crippen LogP contribution in [0.3, 0.4) is 0 Å². The Morgan fingerprint density at radius 3 is 2.36 bits per heavy atom. The summed E-state index contributed by atoms with van der Waals surface area (Å²) >= 11 is 5.77. The second-order valence-corrected chi connectivity index (χ2v) is 3.51. The molecular weight excluding hydrogens is 200 g/mol. The van der Waals surface area contributed by atoms with Crippen LogP contribution in [0.15, 0.2) is 30.3 Å². The zero-order chi connectivity index (χ0) is 10.6. The van der Waals surface area contributed by atoms with Gasteiger partial charge < -0.3 is 5.11 Å². The van der Waals surface area contributed by atoms with E-state index in [1.54, 1.807) is 12.1 Å². The summed E-state index contributed by atoms with van der Waals surface area (Å²) in [5.74, 6) is -0.760. The molecule has 0 fully saturated rings. The average Bonchev–Trinajstić information content (AvgIpc) is 2.22. The third kappa shape index (κ3) is 1.75. The molecule has 2 nitrogen and oxygen atoms in total. The first kappa shape index (κ1) is 11.1. The molecule has 0 aliphatic carbocycles. The van der Waals surface area contributed by atoms with Crippen molar-refractivity contribution in [2.45, 2.75) is 18.8 Å². The molecule has 0 heterocycles. The third-order valence-electron chi connectivity index (χ3n) is 2.57. The predicted molar refractivity (Wildman–Crippen MR) is 56.8 cm³/mol. The van der Waals surface area contributed by atoms with E-state index < -0.39 is 11.4 Å². The first-order chi connectivity index (χ1) is 6.67. The normalized spacial score (nSPS) is 14.7. The zero-order valence-electron chi connectivity index (χ0n) is 8.03. The number of carboxylic acids is 1. The van der Waals surface area contributed by atoms with Crippen molar-refractivity contribution in [3.05, 3.63) is 35.9 Å². The highest BCUT2D eigenvalue weighted by Gasteiger charge is 2.37. The van der Waals surface area contributed by atoms with E-state index in [1.807, 2.05) is 25.1 Å². The molecule has 1 aromatic rings. The lowest BCUT2D eigenvalue weighted by atomic mass is 9.80. The number of alkyl halides is 1. The molecule has 0 aliphatic heterocycles. The first-order valence-corrected chi connectivity index (χ1v) is 5.05. The molecule has 0 aromatic heterocycles. The van der Waals surface area contributed by atoms with Crippen LogP contribution in [0.1, 0.15) is 18.9 Å². The summed E-state index contributed by atoms with van der Waals surface area (Å²) in [5, 5.41) is 9.19. The topological polar surface area (TPSA) is 37.3 Å². The summed E-state index contributed by atoms with van der Waals surface area (Å²) < 4.78 is 0. The van der Waals surface area contributed by atoms with Gasteiger partial charge in [0, 0.05) is 5.88 Å². The Morgan fingerprint density at radius 1 is 1.43 bits per heavy atom. The third-order valence-corrected chi connectivity index (χ3v) is 3.02. The van der Waals surface area contributed by atoms with Gasteiger partial charge in [0.15, 0.2) is 0 Å². The van der Waals surface area contributed by atoms with Crippen molar-refractivity contribution < 1.29 is 9.90 Å². The van der Waals surface area contributed by atoms with Crippen LogP contribution >= 0.6 is 11.6 Å². The van der Waals surface area contributed by atoms with E-state index in [1.165, 1.54) is 0 Å². The monoisotopic (exact) mass is 212 g/mol. The number of aliphatic carboxylic acids is 1. The Bertz CT molecular complexity index is 304. The quantitative estimate of drug-likeness (QED) is 0.780. The average molecular weight is 213 g/mol. The maximum Gasteiger partial charge on any atom is 0.315 e. The minimum Gasteiger partial charge on any atom is -0.481 e. The lowest BCUT2D eigenvalue weighted by molar-refractivity contribution is -0.143. The Hall–Kier alpha value is -1.02. The number of carboxylic acid groups (broad SMARTS) is 1. The van der Waals surface area contributed by atoms with Gasteiger partial charge in [0.05, 0.1) is 0 Å². The van der Waals surface area contributed by atoms with E-state index in [2.05, 4.69) is 0 Å². The van der Waals surface area contributed by atoms with Crippen molar-refractivity contribution in [2.75, 3.05) is 5.88 Å². The van der Waals surface area contributed by atoms with Crippen molar-refractivity contribution in [1.29, 1.82) is 0 Å². The number of hydrogen-bond donors (Lipinski definition) is 1. The molecular formula is C11H13ClO2. The second-order valence-electron chi connectivity index (χ2n) is 3.24. The van der Waals surface area contributed by atoms with Crippen molar-refractivity contribution in [3.8, 4) is 0 Å². The van der Waals surface area contributed by atoms with Gasteiger partial charge in [-0.2, -0.15) is 0 Å². The maximum atomic E-state index is 11.2. The molecule has 0 saturated heterocycles. The van der Waals surface area contributed by atoms with Gasteiger partial charge in [0.25, 0.3) is 0 Å². The molecule has 14 heavy (non-hydrogen) atoms. The lowest BCUT2D eigenvalue weighted by Gasteiger charge is -2.25. The van der Waals surface area contributed by atoms with Gasteiger partial charge in [0.2, 0.25) is 0 Å². The maximum absolute atomic E-state index is 11.2. The lowest BCUT2D eigenvalue weighted by Crippen LogP contribution is -2.37. The summed E-state index contributed by atoms with van der Waals surface area (Å²) in [4.78, 5) is 11.2. The summed E-state index contributed by atoms with van der Waals surface area (Å²) in [5.41, 5.74) is -0.173. The van der Waals surface area contributed by atoms with Crippen molar-refractivity contribution in [2.24, 2.45) is 0 Å². The van der Waals surface area contributed by atoms with E-state index >= 15 is 0 Å². The van der Waals surface area contributed by atoms with E-state index in [4.69, 9.17) is 11.6 Å². The van der Waals surface area contributed by atoms with Crippen LogP contribution in [-0.4, -0.2) is 17.0 Å². The Labute approximate surface area is 88.5 Å². The SMILES string of the molecule is CC[C@@](CCl)(C(=O)O)c1ccccc1. The van der Waals surface area contributed by atoms with E-state index in [0.717, 1.165) is 5.56 Å². The smallest absolute Gasteiger partial charge is 0.315 e. The molecule has 1 aromatic carbocycles. The predicted octanol–water partition coefficient (Wildman–Crippen LogP) is 2.66. The van der Waals surface area contributed by atoms with Gasteiger partial charge in [-0.25, -0.2) is 0 Å². The fourth-order valence-corrected chi connectivity index (χ4v) is 1.92. The van der Waals surface area contributed by atoms with Crippen molar-refractivity contribution in [1.82, 2.24) is 0 Å². The van der Waals surface area contributed by atoms with Crippen molar-refractivity contribution in [3.63, 3.8) is 0 Å². The molecule has 0 aliphatic rings. The van der Waals surface area contributed by atoms with Gasteiger partial charge in [-0.3, -0.25) is 4.79 Å². The van der Waals surface area contributed by atoms with Crippen molar-refractivity contribution >= 4 is 17.6 Å². The first-order valence-electron chi connectivity index (χ1n) is 4.52. The van der Waals surface area contributed by atoms with E-state index in [0.29, 0.717) is 6.42 Å². The molecule has 0 bridgehead atoms. The minimum atomic E-state index is -0.942. The molecule has 0 amide bonds. The molecule has 0 unspecified atom stereocenters. The van der Waals surface area contributed by atoms with Crippen LogP contribution < -0.4 is 0 Å². The van der Waals surface area contributed by atoms with Crippen LogP contribution in [0.5, 0.6) is 0 Å². The Morgan fingerprint density at radius 2 is 2.00 bits per heavy atom. The fraction of sp³-hybridized carbons (Fsp3) is 0.364. The van der Waals surface area contributed by atoms with Crippen LogP contribution in [0, 0.1) is 0 Å². The highest BCUT2D eigenvalue weighted by Crippen LogP contribution is 2.29. The standard InChI is InChI=1S/C11H13ClO2/c1-2-11(8-12,10(13)14)9-6-4-3-5-7-9/h3-7H,2,8H2,1H3,(H,13,14)/t11-/m0/s1. The highest BCUT2D eigenvalue weighted by molar-refractivity contribution is 6.20. The molecule has 76 valence electrons. The molecule has 3 heteroatoms. The van der Waals surface area contributed by atoms with Gasteiger partial charge in [-0.15, -0.1) is 11.6 Å². The number of benzene rings is 1. The van der Waals surface area contributed by atoms with Gasteiger partial charge >= 0.3 is 5.97 Å². The van der Waals surface area contributed by atoms with Crippen LogP contribution in [-0.2, 0) is 10.2 Å². The molecule has 0 saturated carbocycles. The van der Waals surface area contributed by atoms with E-state index in [-0.39, 0.29) is 5.88 Å². The Balaban J connectivity index is 3.18. The van der Waals surface area contributed by atoms with Crippen LogP contribution in [0.2, 0.25) is 0 Å². The molecule has 1 rings (SSSR count). The van der Waals surface area contributed by atoms with Gasteiger partial charge in [-0.05, 0) is 12.0 Å². The highest BCUT2D eigenvalue weighted by atomic mass is 35.5. The summed E-state index contributed by atoms with van der Waals surface area (Å²) in [7, 11) is 0. The zero-order valence-corrected chi connectivity index (χ0v) is 8.79. The number of hydrogen-bond acceptors (Lipinski definition) is 1. The molecule has 0 spiro atoms. The van der Waals surface area contributed by atoms with Gasteiger partial charge in [-0.1, -0.05) is 37.3 Å². The second kappa shape index (κ2) is 4.47. The van der Waals surface area contributed by atoms with Crippen LogP contribution in [0.25, 0.3) is 0 Å². The largest absolute Gasteiger partial charge is 0.481 e. The minimum absolute atomic E-state index is 0.100. The molecule has 1 N–H and O–H groups in total. The Kier molecular flexibility index (Phi) is 3.53. The summed E-state index contributed by atoms with van der Waals surface area (Å²) in [6, 6.07) is 9.13. The fourth-order valence-electron chi connectivity index (χ4n) is 1.46. The van der Waals surface area contributed by atoms with Gasteiger partial charge in [0.1, 0.15) is 5.41 Å². The summed E-state index contributed by atoms with van der Waals surface area (Å²) in [6.07, 6.45) is 0.496. The number of carbonyl (C=O) groups is 1. The molecule has 1 atom stereocenters. The van der Waals surface area contributed by atoms with Crippen LogP contribution in [0.4, 0.5) is 0 Å². The van der Waals surface area contributed by atoms with E-state index in [9.17, 15) is 9.90 Å². The summed E-state index contributed by atoms with van der Waals surface area (Å²) in [6.45, 7) is 1.84.